The molecular formula is C22H20F3NO3. The summed E-state index contributed by atoms with van der Waals surface area (Å²) in [6.07, 6.45) is -1.19. The largest absolute Gasteiger partial charge is 0.444 e. The number of amides is 1. The Hall–Kier alpha value is -3.09. The average molecular weight is 403 g/mol. The van der Waals surface area contributed by atoms with E-state index in [0.717, 1.165) is 31.1 Å². The summed E-state index contributed by atoms with van der Waals surface area (Å²) in [7, 11) is 0. The number of nitrogens with zero attached hydrogens (tertiary/aromatic N) is 1. The second kappa shape index (κ2) is 8.94. The van der Waals surface area contributed by atoms with E-state index < -0.39 is 23.8 Å². The molecular weight excluding hydrogens is 383 g/mol. The van der Waals surface area contributed by atoms with E-state index in [1.807, 2.05) is 0 Å². The zero-order chi connectivity index (χ0) is 20.9. The van der Waals surface area contributed by atoms with E-state index in [1.54, 1.807) is 35.2 Å². The summed E-state index contributed by atoms with van der Waals surface area (Å²) in [5, 5.41) is 0. The lowest BCUT2D eigenvalue weighted by atomic mass is 10.1. The summed E-state index contributed by atoms with van der Waals surface area (Å²) in [4.78, 5) is 26.8. The van der Waals surface area contributed by atoms with Gasteiger partial charge in [0.25, 0.3) is 5.91 Å². The van der Waals surface area contributed by atoms with Crippen molar-refractivity contribution >= 4 is 18.0 Å². The number of alkyl halides is 3. The Morgan fingerprint density at radius 1 is 0.966 bits per heavy atom. The van der Waals surface area contributed by atoms with Gasteiger partial charge in [0.2, 0.25) is 6.10 Å². The van der Waals surface area contributed by atoms with Crippen LogP contribution in [0.25, 0.3) is 6.08 Å². The van der Waals surface area contributed by atoms with Crippen molar-refractivity contribution in [3.05, 3.63) is 77.4 Å². The molecule has 1 saturated heterocycles. The first kappa shape index (κ1) is 20.6. The van der Waals surface area contributed by atoms with Crippen LogP contribution in [0.2, 0.25) is 0 Å². The van der Waals surface area contributed by atoms with Gasteiger partial charge in [-0.3, -0.25) is 4.79 Å². The highest BCUT2D eigenvalue weighted by molar-refractivity contribution is 5.91. The third-order valence-corrected chi connectivity index (χ3v) is 4.63. The van der Waals surface area contributed by atoms with Crippen molar-refractivity contribution < 1.29 is 27.5 Å². The van der Waals surface area contributed by atoms with Gasteiger partial charge >= 0.3 is 12.1 Å². The van der Waals surface area contributed by atoms with E-state index in [9.17, 15) is 22.8 Å². The van der Waals surface area contributed by atoms with Gasteiger partial charge in [-0.1, -0.05) is 42.5 Å². The maximum absolute atomic E-state index is 12.8. The zero-order valence-corrected chi connectivity index (χ0v) is 15.6. The molecule has 2 aromatic carbocycles. The minimum absolute atomic E-state index is 0.273. The van der Waals surface area contributed by atoms with Gasteiger partial charge < -0.3 is 9.64 Å². The van der Waals surface area contributed by atoms with Crippen LogP contribution in [0.5, 0.6) is 0 Å². The van der Waals surface area contributed by atoms with Crippen LogP contribution in [0.3, 0.4) is 0 Å². The monoisotopic (exact) mass is 403 g/mol. The SMILES string of the molecule is O=C(/C=C/c1ccc(C(F)(F)F)cc1)O[C@H](C(=O)N1CCCC1)c1ccccc1. The molecule has 1 heterocycles. The number of carbonyl (C=O) groups excluding carboxylic acids is 2. The van der Waals surface area contributed by atoms with Crippen LogP contribution in [0.15, 0.2) is 60.7 Å². The summed E-state index contributed by atoms with van der Waals surface area (Å²) < 4.78 is 43.3. The Kier molecular flexibility index (Phi) is 6.36. The number of ether oxygens (including phenoxy) is 1. The van der Waals surface area contributed by atoms with Gasteiger partial charge in [-0.25, -0.2) is 4.79 Å². The van der Waals surface area contributed by atoms with Crippen molar-refractivity contribution in [3.63, 3.8) is 0 Å². The highest BCUT2D eigenvalue weighted by Gasteiger charge is 2.31. The van der Waals surface area contributed by atoms with Gasteiger partial charge in [0.15, 0.2) is 0 Å². The number of likely N-dealkylation sites (tertiary alicyclic amines) is 1. The lowest BCUT2D eigenvalue weighted by molar-refractivity contribution is -0.156. The fourth-order valence-electron chi connectivity index (χ4n) is 3.10. The van der Waals surface area contributed by atoms with E-state index >= 15 is 0 Å². The third-order valence-electron chi connectivity index (χ3n) is 4.63. The average Bonchev–Trinajstić information content (AvgIpc) is 3.25. The summed E-state index contributed by atoms with van der Waals surface area (Å²) in [5.41, 5.74) is 0.218. The highest BCUT2D eigenvalue weighted by Crippen LogP contribution is 2.29. The van der Waals surface area contributed by atoms with E-state index in [4.69, 9.17) is 4.74 Å². The Balaban J connectivity index is 1.71. The number of hydrogen-bond acceptors (Lipinski definition) is 3. The lowest BCUT2D eigenvalue weighted by Crippen LogP contribution is -2.34. The van der Waals surface area contributed by atoms with Crippen LogP contribution < -0.4 is 0 Å². The van der Waals surface area contributed by atoms with Crippen molar-refractivity contribution in [1.82, 2.24) is 4.90 Å². The first-order chi connectivity index (χ1) is 13.8. The van der Waals surface area contributed by atoms with Crippen LogP contribution in [0, 0.1) is 0 Å². The quantitative estimate of drug-likeness (QED) is 0.540. The van der Waals surface area contributed by atoms with Crippen molar-refractivity contribution in [2.75, 3.05) is 13.1 Å². The van der Waals surface area contributed by atoms with Crippen LogP contribution in [0.4, 0.5) is 13.2 Å². The molecule has 4 nitrogen and oxygen atoms in total. The van der Waals surface area contributed by atoms with Gasteiger partial charge in [0.05, 0.1) is 5.56 Å². The molecule has 0 bridgehead atoms. The summed E-state index contributed by atoms with van der Waals surface area (Å²) in [5.74, 6) is -1.02. The van der Waals surface area contributed by atoms with Crippen LogP contribution in [-0.2, 0) is 20.5 Å². The normalized spacial score (nSPS) is 15.5. The van der Waals surface area contributed by atoms with E-state index in [1.165, 1.54) is 18.2 Å². The minimum Gasteiger partial charge on any atom is -0.444 e. The summed E-state index contributed by atoms with van der Waals surface area (Å²) in [6, 6.07) is 13.1. The molecule has 0 spiro atoms. The Labute approximate surface area is 166 Å². The van der Waals surface area contributed by atoms with Gasteiger partial charge in [-0.15, -0.1) is 0 Å². The molecule has 0 saturated carbocycles. The number of esters is 1. The van der Waals surface area contributed by atoms with E-state index in [-0.39, 0.29) is 5.91 Å². The molecule has 2 aromatic rings. The van der Waals surface area contributed by atoms with Crippen molar-refractivity contribution in [2.24, 2.45) is 0 Å². The van der Waals surface area contributed by atoms with Gasteiger partial charge in [-0.05, 0) is 36.6 Å². The molecule has 0 radical (unpaired) electrons. The molecule has 0 aliphatic carbocycles. The highest BCUT2D eigenvalue weighted by atomic mass is 19.4. The Morgan fingerprint density at radius 3 is 2.17 bits per heavy atom. The first-order valence-electron chi connectivity index (χ1n) is 9.24. The lowest BCUT2D eigenvalue weighted by Gasteiger charge is -2.23. The molecule has 0 unspecified atom stereocenters. The number of rotatable bonds is 5. The van der Waals surface area contributed by atoms with E-state index in [2.05, 4.69) is 0 Å². The fraction of sp³-hybridized carbons (Fsp3) is 0.273. The molecule has 1 atom stereocenters. The minimum atomic E-state index is -4.42. The Bertz CT molecular complexity index is 870. The zero-order valence-electron chi connectivity index (χ0n) is 15.6. The third kappa shape index (κ3) is 5.47. The second-order valence-corrected chi connectivity index (χ2v) is 6.71. The topological polar surface area (TPSA) is 46.6 Å². The molecule has 0 N–H and O–H groups in total. The molecule has 1 amide bonds. The Morgan fingerprint density at radius 2 is 1.59 bits per heavy atom. The van der Waals surface area contributed by atoms with E-state index in [0.29, 0.717) is 24.2 Å². The maximum Gasteiger partial charge on any atom is 0.416 e. The summed E-state index contributed by atoms with van der Waals surface area (Å²) >= 11 is 0. The number of benzene rings is 2. The molecule has 152 valence electrons. The molecule has 1 aliphatic heterocycles. The maximum atomic E-state index is 12.8. The molecule has 1 aliphatic rings. The predicted molar refractivity (Wildman–Crippen MR) is 102 cm³/mol. The molecule has 0 aromatic heterocycles. The summed E-state index contributed by atoms with van der Waals surface area (Å²) in [6.45, 7) is 1.25. The van der Waals surface area contributed by atoms with Crippen LogP contribution >= 0.6 is 0 Å². The smallest absolute Gasteiger partial charge is 0.416 e. The van der Waals surface area contributed by atoms with Gasteiger partial charge in [0.1, 0.15) is 0 Å². The molecule has 29 heavy (non-hydrogen) atoms. The standard InChI is InChI=1S/C22H20F3NO3/c23-22(24,25)18-11-8-16(9-12-18)10-13-19(27)29-20(17-6-2-1-3-7-17)21(28)26-14-4-5-15-26/h1-3,6-13,20H,4-5,14-15H2/b13-10+/t20-/m0/s1. The van der Waals surface area contributed by atoms with Crippen molar-refractivity contribution in [3.8, 4) is 0 Å². The molecule has 7 heteroatoms. The first-order valence-corrected chi connectivity index (χ1v) is 9.24. The molecule has 3 rings (SSSR count). The number of halogens is 3. The number of hydrogen-bond donors (Lipinski definition) is 0. The number of carbonyl (C=O) groups is 2. The second-order valence-electron chi connectivity index (χ2n) is 6.71. The van der Waals surface area contributed by atoms with Crippen molar-refractivity contribution in [2.45, 2.75) is 25.1 Å². The van der Waals surface area contributed by atoms with Crippen LogP contribution in [-0.4, -0.2) is 29.9 Å². The molecule has 1 fully saturated rings. The fourth-order valence-corrected chi connectivity index (χ4v) is 3.10. The van der Waals surface area contributed by atoms with Gasteiger partial charge in [0, 0.05) is 24.7 Å². The van der Waals surface area contributed by atoms with Crippen molar-refractivity contribution in [1.29, 1.82) is 0 Å². The predicted octanol–water partition coefficient (Wildman–Crippen LogP) is 4.63. The van der Waals surface area contributed by atoms with Gasteiger partial charge in [-0.2, -0.15) is 13.2 Å². The van der Waals surface area contributed by atoms with Crippen LogP contribution in [0.1, 0.15) is 35.6 Å².